The van der Waals surface area contributed by atoms with Crippen LogP contribution in [0.15, 0.2) is 36.4 Å². The van der Waals surface area contributed by atoms with Crippen LogP contribution in [0.5, 0.6) is 0 Å². The van der Waals surface area contributed by atoms with Crippen LogP contribution in [0.25, 0.3) is 6.08 Å². The van der Waals surface area contributed by atoms with Crippen molar-refractivity contribution in [3.8, 4) is 0 Å². The van der Waals surface area contributed by atoms with Gasteiger partial charge in [0.1, 0.15) is 24.2 Å². The van der Waals surface area contributed by atoms with Gasteiger partial charge >= 0.3 is 17.9 Å². The van der Waals surface area contributed by atoms with E-state index < -0.39 is 47.7 Å². The second-order valence-corrected chi connectivity index (χ2v) is 8.50. The van der Waals surface area contributed by atoms with Gasteiger partial charge in [0.2, 0.25) is 5.91 Å². The highest BCUT2D eigenvalue weighted by molar-refractivity contribution is 7.99. The van der Waals surface area contributed by atoms with Gasteiger partial charge in [-0.05, 0) is 5.56 Å². The van der Waals surface area contributed by atoms with Crippen LogP contribution < -0.4 is 5.32 Å². The molecule has 5 atom stereocenters. The summed E-state index contributed by atoms with van der Waals surface area (Å²) < 4.78 is 22.0. The number of esters is 3. The average Bonchev–Trinajstić information content (AvgIpc) is 2.73. The van der Waals surface area contributed by atoms with Gasteiger partial charge in [0.25, 0.3) is 0 Å². The lowest BCUT2D eigenvalue weighted by atomic mass is 9.97. The minimum atomic E-state index is -1.08. The molecule has 9 nitrogen and oxygen atoms in total. The Morgan fingerprint density at radius 2 is 1.61 bits per heavy atom. The number of thioether (sulfide) groups is 1. The number of carbonyl (C=O) groups is 4. The van der Waals surface area contributed by atoms with E-state index in [1.165, 1.54) is 39.5 Å². The first-order valence-corrected chi connectivity index (χ1v) is 11.5. The van der Waals surface area contributed by atoms with Crippen LogP contribution in [-0.4, -0.2) is 66.0 Å². The molecule has 1 aliphatic heterocycles. The zero-order valence-electron chi connectivity index (χ0n) is 19.0. The van der Waals surface area contributed by atoms with Crippen molar-refractivity contribution < 1.29 is 38.1 Å². The lowest BCUT2D eigenvalue weighted by molar-refractivity contribution is -0.211. The van der Waals surface area contributed by atoms with Crippen molar-refractivity contribution in [2.75, 3.05) is 12.4 Å². The van der Waals surface area contributed by atoms with Gasteiger partial charge in [-0.3, -0.25) is 19.2 Å². The highest BCUT2D eigenvalue weighted by Gasteiger charge is 2.50. The third kappa shape index (κ3) is 8.89. The summed E-state index contributed by atoms with van der Waals surface area (Å²) >= 11 is 1.36. The molecule has 1 aromatic rings. The second-order valence-electron chi connectivity index (χ2n) is 7.37. The predicted octanol–water partition coefficient (Wildman–Crippen LogP) is 2.09. The Kier molecular flexibility index (Phi) is 10.4. The van der Waals surface area contributed by atoms with Crippen LogP contribution in [0, 0.1) is 0 Å². The Labute approximate surface area is 197 Å². The van der Waals surface area contributed by atoms with Crippen LogP contribution in [0.2, 0.25) is 0 Å². The smallest absolute Gasteiger partial charge is 0.303 e. The molecule has 0 spiro atoms. The molecule has 0 saturated carbocycles. The molecule has 33 heavy (non-hydrogen) atoms. The van der Waals surface area contributed by atoms with E-state index in [9.17, 15) is 19.2 Å². The maximum absolute atomic E-state index is 11.9. The van der Waals surface area contributed by atoms with Crippen LogP contribution in [0.4, 0.5) is 0 Å². The van der Waals surface area contributed by atoms with Crippen LogP contribution in [0.1, 0.15) is 33.3 Å². The highest BCUT2D eigenvalue weighted by Crippen LogP contribution is 2.32. The molecule has 10 heteroatoms. The summed E-state index contributed by atoms with van der Waals surface area (Å²) in [6.45, 7) is 4.78. The minimum Gasteiger partial charge on any atom is -0.463 e. The molecule has 0 radical (unpaired) electrons. The molecular weight excluding hydrogens is 450 g/mol. The number of ether oxygens (including phenoxy) is 4. The highest BCUT2D eigenvalue weighted by atomic mass is 32.2. The Balaban J connectivity index is 2.28. The van der Waals surface area contributed by atoms with E-state index in [1.54, 1.807) is 0 Å². The van der Waals surface area contributed by atoms with Gasteiger partial charge in [0.15, 0.2) is 12.2 Å². The van der Waals surface area contributed by atoms with Crippen LogP contribution >= 0.6 is 11.8 Å². The number of amides is 1. The molecule has 0 aromatic heterocycles. The minimum absolute atomic E-state index is 0.214. The lowest BCUT2D eigenvalue weighted by Crippen LogP contribution is -2.65. The van der Waals surface area contributed by atoms with E-state index in [0.29, 0.717) is 5.75 Å². The average molecular weight is 480 g/mol. The van der Waals surface area contributed by atoms with Crippen LogP contribution in [-0.2, 0) is 38.1 Å². The van der Waals surface area contributed by atoms with E-state index in [4.69, 9.17) is 18.9 Å². The van der Waals surface area contributed by atoms with E-state index >= 15 is 0 Å². The molecule has 0 unspecified atom stereocenters. The number of rotatable bonds is 9. The maximum Gasteiger partial charge on any atom is 0.303 e. The lowest BCUT2D eigenvalue weighted by Gasteiger charge is -2.45. The van der Waals surface area contributed by atoms with Crippen LogP contribution in [0.3, 0.4) is 0 Å². The normalized spacial score (nSPS) is 24.7. The van der Waals surface area contributed by atoms with Gasteiger partial charge < -0.3 is 24.3 Å². The zero-order valence-corrected chi connectivity index (χ0v) is 19.8. The van der Waals surface area contributed by atoms with Gasteiger partial charge in [-0.1, -0.05) is 42.5 Å². The van der Waals surface area contributed by atoms with Crippen molar-refractivity contribution >= 4 is 41.7 Å². The van der Waals surface area contributed by atoms with Gasteiger partial charge in [-0.15, -0.1) is 11.8 Å². The Morgan fingerprint density at radius 1 is 0.970 bits per heavy atom. The number of nitrogens with one attached hydrogen (secondary N) is 1. The van der Waals surface area contributed by atoms with E-state index in [1.807, 2.05) is 42.5 Å². The summed E-state index contributed by atoms with van der Waals surface area (Å²) in [5, 5.41) is 2.75. The third-order valence-corrected chi connectivity index (χ3v) is 5.66. The van der Waals surface area contributed by atoms with Gasteiger partial charge in [-0.2, -0.15) is 0 Å². The Hall–Kier alpha value is -2.85. The maximum atomic E-state index is 11.9. The number of hydrogen-bond acceptors (Lipinski definition) is 9. The molecule has 1 amide bonds. The van der Waals surface area contributed by atoms with Crippen molar-refractivity contribution in [1.82, 2.24) is 5.32 Å². The largest absolute Gasteiger partial charge is 0.463 e. The number of hydrogen-bond donors (Lipinski definition) is 1. The number of benzene rings is 1. The Morgan fingerprint density at radius 3 is 2.18 bits per heavy atom. The molecule has 2 rings (SSSR count). The second kappa shape index (κ2) is 13.0. The molecule has 1 saturated heterocycles. The monoisotopic (exact) mass is 479 g/mol. The summed E-state index contributed by atoms with van der Waals surface area (Å²) in [6, 6.07) is 8.92. The molecule has 0 bridgehead atoms. The summed E-state index contributed by atoms with van der Waals surface area (Å²) in [5.41, 5.74) is 0.354. The van der Waals surface area contributed by atoms with Crippen molar-refractivity contribution in [2.45, 2.75) is 57.5 Å². The molecule has 1 N–H and O–H groups in total. The molecular formula is C23H29NO8S. The molecule has 1 heterocycles. The molecule has 180 valence electrons. The molecule has 1 aromatic carbocycles. The summed E-state index contributed by atoms with van der Waals surface area (Å²) in [7, 11) is 0. The quantitative estimate of drug-likeness (QED) is 0.420. The first-order valence-electron chi connectivity index (χ1n) is 10.4. The van der Waals surface area contributed by atoms with E-state index in [-0.39, 0.29) is 12.5 Å². The van der Waals surface area contributed by atoms with Gasteiger partial charge in [-0.25, -0.2) is 0 Å². The van der Waals surface area contributed by atoms with Crippen molar-refractivity contribution in [2.24, 2.45) is 0 Å². The zero-order chi connectivity index (χ0) is 24.4. The summed E-state index contributed by atoms with van der Waals surface area (Å²) in [4.78, 5) is 46.9. The fourth-order valence-corrected chi connectivity index (χ4v) is 4.38. The van der Waals surface area contributed by atoms with Crippen molar-refractivity contribution in [3.63, 3.8) is 0 Å². The summed E-state index contributed by atoms with van der Waals surface area (Å²) in [5.74, 6) is -1.64. The Bertz CT molecular complexity index is 859. The van der Waals surface area contributed by atoms with Gasteiger partial charge in [0, 0.05) is 33.4 Å². The first-order chi connectivity index (χ1) is 15.7. The standard InChI is InChI=1S/C23H29NO8S/c1-14(25)24-20-22(31-17(4)28)21(30-16(3)27)19(13-29-15(2)26)32-23(20)33-12-8-11-18-9-6-5-7-10-18/h5-11,19-23H,12-13H2,1-4H3,(H,24,25)/b11-8+/t19-,20+,21-,22-,23-/m1/s1. The molecule has 0 aliphatic carbocycles. The van der Waals surface area contributed by atoms with E-state index in [2.05, 4.69) is 5.32 Å². The van der Waals surface area contributed by atoms with E-state index in [0.717, 1.165) is 5.56 Å². The molecule has 1 fully saturated rings. The topological polar surface area (TPSA) is 117 Å². The predicted molar refractivity (Wildman–Crippen MR) is 122 cm³/mol. The third-order valence-electron chi connectivity index (χ3n) is 4.54. The van der Waals surface area contributed by atoms with Crippen molar-refractivity contribution in [1.29, 1.82) is 0 Å². The molecule has 1 aliphatic rings. The summed E-state index contributed by atoms with van der Waals surface area (Å²) in [6.07, 6.45) is 0.862. The number of carbonyl (C=O) groups excluding carboxylic acids is 4. The fourth-order valence-electron chi connectivity index (χ4n) is 3.33. The van der Waals surface area contributed by atoms with Gasteiger partial charge in [0.05, 0.1) is 0 Å². The van der Waals surface area contributed by atoms with Crippen molar-refractivity contribution in [3.05, 3.63) is 42.0 Å². The fraction of sp³-hybridized carbons (Fsp3) is 0.478. The SMILES string of the molecule is CC(=O)N[C@H]1[C@@H](OC(C)=O)[C@H](OC(C)=O)[C@@H](COC(C)=O)O[C@@H]1SC/C=C/c1ccccc1. The first kappa shape index (κ1) is 26.4.